The summed E-state index contributed by atoms with van der Waals surface area (Å²) < 4.78 is 4.62. The molecule has 0 saturated carbocycles. The Hall–Kier alpha value is -2.11. The second kappa shape index (κ2) is 7.47. The van der Waals surface area contributed by atoms with Gasteiger partial charge in [0.2, 0.25) is 0 Å². The van der Waals surface area contributed by atoms with Crippen molar-refractivity contribution in [2.75, 3.05) is 0 Å². The summed E-state index contributed by atoms with van der Waals surface area (Å²) >= 11 is 0. The van der Waals surface area contributed by atoms with E-state index in [1.807, 2.05) is 6.92 Å². The zero-order chi connectivity index (χ0) is 15.1. The molecule has 2 unspecified atom stereocenters. The highest BCUT2D eigenvalue weighted by molar-refractivity contribution is 5.93. The largest absolute Gasteiger partial charge is 0.481 e. The lowest BCUT2D eigenvalue weighted by molar-refractivity contribution is -0.141. The summed E-state index contributed by atoms with van der Waals surface area (Å²) in [5.41, 5.74) is -0.215. The van der Waals surface area contributed by atoms with Crippen molar-refractivity contribution in [1.29, 1.82) is 0 Å². The molecule has 0 saturated heterocycles. The molecule has 1 aromatic rings. The lowest BCUT2D eigenvalue weighted by Gasteiger charge is -2.14. The molecule has 0 aliphatic carbocycles. The maximum atomic E-state index is 11.8. The van der Waals surface area contributed by atoms with Gasteiger partial charge in [-0.25, -0.2) is 4.79 Å². The molecule has 110 valence electrons. The Labute approximate surface area is 116 Å². The van der Waals surface area contributed by atoms with Gasteiger partial charge in [0.1, 0.15) is 6.26 Å². The minimum absolute atomic E-state index is 0.0737. The molecule has 1 amide bonds. The average molecular weight is 281 g/mol. The van der Waals surface area contributed by atoms with E-state index < -0.39 is 11.6 Å². The minimum Gasteiger partial charge on any atom is -0.481 e. The number of amides is 1. The topological polar surface area (TPSA) is 96.6 Å². The van der Waals surface area contributed by atoms with E-state index in [9.17, 15) is 14.4 Å². The van der Waals surface area contributed by atoms with E-state index in [-0.39, 0.29) is 23.4 Å². The fourth-order valence-electron chi connectivity index (χ4n) is 1.72. The molecule has 1 heterocycles. The molecule has 0 fully saturated rings. The number of rotatable bonds is 7. The van der Waals surface area contributed by atoms with E-state index in [1.54, 1.807) is 6.92 Å². The molecule has 20 heavy (non-hydrogen) atoms. The molecule has 0 radical (unpaired) electrons. The van der Waals surface area contributed by atoms with Crippen LogP contribution in [-0.4, -0.2) is 23.0 Å². The van der Waals surface area contributed by atoms with Crippen LogP contribution < -0.4 is 10.9 Å². The molecule has 0 aliphatic rings. The molecule has 1 rings (SSSR count). The molecule has 0 aromatic carbocycles. The van der Waals surface area contributed by atoms with Crippen LogP contribution in [0.2, 0.25) is 0 Å². The maximum Gasteiger partial charge on any atom is 0.335 e. The quantitative estimate of drug-likeness (QED) is 0.792. The number of hydrogen-bond donors (Lipinski definition) is 2. The summed E-state index contributed by atoms with van der Waals surface area (Å²) in [6, 6.07) is 2.52. The van der Waals surface area contributed by atoms with Crippen LogP contribution in [0.5, 0.6) is 0 Å². The first-order chi connectivity index (χ1) is 9.40. The normalized spacial score (nSPS) is 13.5. The van der Waals surface area contributed by atoms with Gasteiger partial charge >= 0.3 is 11.6 Å². The first kappa shape index (κ1) is 15.9. The van der Waals surface area contributed by atoms with Gasteiger partial charge in [0.25, 0.3) is 5.91 Å². The molecule has 0 spiro atoms. The van der Waals surface area contributed by atoms with Crippen LogP contribution in [0.4, 0.5) is 0 Å². The molecule has 2 N–H and O–H groups in total. The van der Waals surface area contributed by atoms with E-state index >= 15 is 0 Å². The van der Waals surface area contributed by atoms with Gasteiger partial charge in [-0.3, -0.25) is 9.59 Å². The minimum atomic E-state index is -0.805. The van der Waals surface area contributed by atoms with Gasteiger partial charge in [0.15, 0.2) is 0 Å². The summed E-state index contributed by atoms with van der Waals surface area (Å²) in [6.45, 7) is 3.51. The van der Waals surface area contributed by atoms with Gasteiger partial charge in [0, 0.05) is 12.1 Å². The van der Waals surface area contributed by atoms with Crippen LogP contribution in [0.25, 0.3) is 0 Å². The van der Waals surface area contributed by atoms with Crippen molar-refractivity contribution in [1.82, 2.24) is 5.32 Å². The SMILES string of the molecule is CC(CCCC(C)C(=O)O)NC(=O)c1ccc(=O)oc1. The average Bonchev–Trinajstić information content (AvgIpc) is 2.39. The third-order valence-electron chi connectivity index (χ3n) is 3.04. The number of carboxylic acid groups (broad SMARTS) is 1. The highest BCUT2D eigenvalue weighted by Crippen LogP contribution is 2.10. The molecule has 0 aliphatic heterocycles. The van der Waals surface area contributed by atoms with Gasteiger partial charge in [-0.05, 0) is 25.8 Å². The van der Waals surface area contributed by atoms with Gasteiger partial charge in [-0.2, -0.15) is 0 Å². The summed E-state index contributed by atoms with van der Waals surface area (Å²) in [6.07, 6.45) is 3.12. The maximum absolute atomic E-state index is 11.8. The van der Waals surface area contributed by atoms with Crippen molar-refractivity contribution in [3.63, 3.8) is 0 Å². The molecule has 0 bridgehead atoms. The van der Waals surface area contributed by atoms with Crippen molar-refractivity contribution in [2.24, 2.45) is 5.92 Å². The van der Waals surface area contributed by atoms with E-state index in [1.165, 1.54) is 12.1 Å². The van der Waals surface area contributed by atoms with Crippen molar-refractivity contribution in [3.8, 4) is 0 Å². The van der Waals surface area contributed by atoms with E-state index in [2.05, 4.69) is 9.73 Å². The van der Waals surface area contributed by atoms with Crippen LogP contribution in [-0.2, 0) is 4.79 Å². The highest BCUT2D eigenvalue weighted by Gasteiger charge is 2.13. The number of aliphatic carboxylic acids is 1. The van der Waals surface area contributed by atoms with E-state index in [0.29, 0.717) is 12.8 Å². The Morgan fingerprint density at radius 2 is 2.00 bits per heavy atom. The molecule has 1 aromatic heterocycles. The Morgan fingerprint density at radius 3 is 2.55 bits per heavy atom. The summed E-state index contributed by atoms with van der Waals surface area (Å²) in [5.74, 6) is -1.49. The fourth-order valence-corrected chi connectivity index (χ4v) is 1.72. The predicted octanol–water partition coefficient (Wildman–Crippen LogP) is 1.65. The van der Waals surface area contributed by atoms with Crippen molar-refractivity contribution < 1.29 is 19.1 Å². The van der Waals surface area contributed by atoms with Crippen LogP contribution in [0, 0.1) is 5.92 Å². The Kier molecular flexibility index (Phi) is 5.96. The highest BCUT2D eigenvalue weighted by atomic mass is 16.4. The van der Waals surface area contributed by atoms with Crippen LogP contribution in [0.1, 0.15) is 43.5 Å². The monoisotopic (exact) mass is 281 g/mol. The smallest absolute Gasteiger partial charge is 0.335 e. The van der Waals surface area contributed by atoms with E-state index in [4.69, 9.17) is 5.11 Å². The second-order valence-corrected chi connectivity index (χ2v) is 4.89. The first-order valence-electron chi connectivity index (χ1n) is 6.52. The van der Waals surface area contributed by atoms with E-state index in [0.717, 1.165) is 12.7 Å². The van der Waals surface area contributed by atoms with Gasteiger partial charge < -0.3 is 14.8 Å². The first-order valence-corrected chi connectivity index (χ1v) is 6.52. The van der Waals surface area contributed by atoms with Crippen molar-refractivity contribution in [3.05, 3.63) is 34.4 Å². The second-order valence-electron chi connectivity index (χ2n) is 4.89. The predicted molar refractivity (Wildman–Crippen MR) is 72.6 cm³/mol. The molecular formula is C14H19NO5. The van der Waals surface area contributed by atoms with Gasteiger partial charge in [-0.15, -0.1) is 0 Å². The van der Waals surface area contributed by atoms with Crippen molar-refractivity contribution in [2.45, 2.75) is 39.2 Å². The number of carbonyl (C=O) groups is 2. The number of carboxylic acids is 1. The zero-order valence-corrected chi connectivity index (χ0v) is 11.6. The Balaban J connectivity index is 2.36. The number of nitrogens with one attached hydrogen (secondary N) is 1. The molecule has 6 nitrogen and oxygen atoms in total. The van der Waals surface area contributed by atoms with Crippen LogP contribution in [0.3, 0.4) is 0 Å². The lowest BCUT2D eigenvalue weighted by Crippen LogP contribution is -2.32. The Bertz CT molecular complexity index is 502. The third kappa shape index (κ3) is 5.26. The third-order valence-corrected chi connectivity index (χ3v) is 3.04. The molecular weight excluding hydrogens is 262 g/mol. The van der Waals surface area contributed by atoms with Gasteiger partial charge in [-0.1, -0.05) is 13.3 Å². The molecule has 2 atom stereocenters. The number of hydrogen-bond acceptors (Lipinski definition) is 4. The number of carbonyl (C=O) groups excluding carboxylic acids is 1. The van der Waals surface area contributed by atoms with Gasteiger partial charge in [0.05, 0.1) is 11.5 Å². The fraction of sp³-hybridized carbons (Fsp3) is 0.500. The zero-order valence-electron chi connectivity index (χ0n) is 11.6. The van der Waals surface area contributed by atoms with Crippen LogP contribution in [0.15, 0.2) is 27.6 Å². The standard InChI is InChI=1S/C14H19NO5/c1-9(14(18)19)4-3-5-10(2)15-13(17)11-6-7-12(16)20-8-11/h6-10H,3-5H2,1-2H3,(H,15,17)(H,18,19). The summed E-state index contributed by atoms with van der Waals surface area (Å²) in [4.78, 5) is 33.2. The Morgan fingerprint density at radius 1 is 1.30 bits per heavy atom. The van der Waals surface area contributed by atoms with Crippen molar-refractivity contribution >= 4 is 11.9 Å². The summed E-state index contributed by atoms with van der Waals surface area (Å²) in [5, 5.41) is 11.5. The summed E-state index contributed by atoms with van der Waals surface area (Å²) in [7, 11) is 0. The molecule has 6 heteroatoms. The lowest BCUT2D eigenvalue weighted by atomic mass is 10.0. The van der Waals surface area contributed by atoms with Crippen LogP contribution >= 0.6 is 0 Å².